The van der Waals surface area contributed by atoms with Crippen LogP contribution in [0.1, 0.15) is 30.8 Å². The number of rotatable bonds is 3. The van der Waals surface area contributed by atoms with Gasteiger partial charge in [-0.05, 0) is 26.5 Å². The number of aromatic nitrogens is 1. The minimum absolute atomic E-state index is 0.102. The predicted molar refractivity (Wildman–Crippen MR) is 77.1 cm³/mol. The van der Waals surface area contributed by atoms with Crippen molar-refractivity contribution in [3.05, 3.63) is 18.0 Å². The monoisotopic (exact) mass is 264 g/mol. The fraction of sp³-hybridized carbons (Fsp3) is 0.643. The van der Waals surface area contributed by atoms with Crippen LogP contribution in [0.2, 0.25) is 0 Å². The van der Waals surface area contributed by atoms with E-state index in [1.54, 1.807) is 6.07 Å². The summed E-state index contributed by atoms with van der Waals surface area (Å²) < 4.78 is 1.97. The molecule has 1 fully saturated rings. The van der Waals surface area contributed by atoms with Gasteiger partial charge in [-0.3, -0.25) is 4.79 Å². The Labute approximate surface area is 115 Å². The van der Waals surface area contributed by atoms with E-state index in [2.05, 4.69) is 25.8 Å². The average molecular weight is 264 g/mol. The second-order valence-corrected chi connectivity index (χ2v) is 5.43. The van der Waals surface area contributed by atoms with Gasteiger partial charge < -0.3 is 20.1 Å². The molecule has 0 aromatic carbocycles. The lowest BCUT2D eigenvalue weighted by molar-refractivity contribution is 0.0562. The second kappa shape index (κ2) is 5.65. The van der Waals surface area contributed by atoms with Gasteiger partial charge in [-0.1, -0.05) is 6.92 Å². The zero-order chi connectivity index (χ0) is 14.0. The van der Waals surface area contributed by atoms with Gasteiger partial charge in [0.2, 0.25) is 0 Å². The van der Waals surface area contributed by atoms with Crippen molar-refractivity contribution in [3.8, 4) is 0 Å². The summed E-state index contributed by atoms with van der Waals surface area (Å²) >= 11 is 0. The van der Waals surface area contributed by atoms with E-state index in [1.165, 1.54) is 0 Å². The Bertz CT molecular complexity index is 454. The van der Waals surface area contributed by atoms with Crippen LogP contribution in [0.3, 0.4) is 0 Å². The lowest BCUT2D eigenvalue weighted by Gasteiger charge is -2.37. The summed E-state index contributed by atoms with van der Waals surface area (Å²) in [7, 11) is 2.10. The summed E-state index contributed by atoms with van der Waals surface area (Å²) in [6.45, 7) is 7.59. The highest BCUT2D eigenvalue weighted by Crippen LogP contribution is 2.16. The lowest BCUT2D eigenvalue weighted by atomic mass is 10.2. The van der Waals surface area contributed by atoms with Crippen molar-refractivity contribution in [2.24, 2.45) is 0 Å². The lowest BCUT2D eigenvalue weighted by Crippen LogP contribution is -2.52. The highest BCUT2D eigenvalue weighted by molar-refractivity contribution is 5.94. The van der Waals surface area contributed by atoms with Crippen LogP contribution in [0.25, 0.3) is 0 Å². The number of likely N-dealkylation sites (N-methyl/N-ethyl adjacent to an activating group) is 1. The molecule has 1 atom stereocenters. The molecule has 1 amide bonds. The Kier molecular flexibility index (Phi) is 4.14. The van der Waals surface area contributed by atoms with E-state index < -0.39 is 0 Å². The van der Waals surface area contributed by atoms with Gasteiger partial charge in [0.1, 0.15) is 5.69 Å². The number of hydrogen-bond donors (Lipinski definition) is 1. The molecule has 0 aliphatic carbocycles. The summed E-state index contributed by atoms with van der Waals surface area (Å²) in [5, 5.41) is 0. The number of nitrogens with two attached hydrogens (primary N) is 1. The van der Waals surface area contributed by atoms with Crippen LogP contribution in [0.4, 0.5) is 5.69 Å². The molecule has 5 nitrogen and oxygen atoms in total. The summed E-state index contributed by atoms with van der Waals surface area (Å²) in [5.74, 6) is 0.102. The zero-order valence-electron chi connectivity index (χ0n) is 12.1. The molecule has 1 unspecified atom stereocenters. The van der Waals surface area contributed by atoms with E-state index in [0.29, 0.717) is 11.7 Å². The number of nitrogen functional groups attached to an aromatic ring is 1. The molecule has 2 heterocycles. The van der Waals surface area contributed by atoms with Gasteiger partial charge in [0.25, 0.3) is 5.91 Å². The molecule has 106 valence electrons. The molecule has 1 aliphatic rings. The van der Waals surface area contributed by atoms with Crippen LogP contribution >= 0.6 is 0 Å². The van der Waals surface area contributed by atoms with Gasteiger partial charge >= 0.3 is 0 Å². The van der Waals surface area contributed by atoms with Gasteiger partial charge in [0, 0.05) is 38.4 Å². The Morgan fingerprint density at radius 2 is 2.21 bits per heavy atom. The molecule has 1 aromatic heterocycles. The number of amides is 1. The third-order valence-electron chi connectivity index (χ3n) is 3.85. The number of anilines is 1. The van der Waals surface area contributed by atoms with E-state index in [4.69, 9.17) is 5.73 Å². The summed E-state index contributed by atoms with van der Waals surface area (Å²) in [6.07, 6.45) is 2.85. The van der Waals surface area contributed by atoms with Gasteiger partial charge in [0.15, 0.2) is 0 Å². The molecular weight excluding hydrogens is 240 g/mol. The summed E-state index contributed by atoms with van der Waals surface area (Å²) in [5.41, 5.74) is 7.21. The Morgan fingerprint density at radius 3 is 2.84 bits per heavy atom. The number of nitrogens with zero attached hydrogens (tertiary/aromatic N) is 3. The average Bonchev–Trinajstić information content (AvgIpc) is 2.73. The van der Waals surface area contributed by atoms with Gasteiger partial charge in [-0.25, -0.2) is 0 Å². The summed E-state index contributed by atoms with van der Waals surface area (Å²) in [6, 6.07) is 2.20. The molecule has 5 heteroatoms. The quantitative estimate of drug-likeness (QED) is 0.894. The van der Waals surface area contributed by atoms with Gasteiger partial charge in [-0.15, -0.1) is 0 Å². The molecule has 2 rings (SSSR count). The van der Waals surface area contributed by atoms with Crippen molar-refractivity contribution >= 4 is 11.6 Å². The molecule has 0 spiro atoms. The maximum absolute atomic E-state index is 12.6. The first-order valence-corrected chi connectivity index (χ1v) is 6.98. The molecule has 0 bridgehead atoms. The molecule has 1 aliphatic heterocycles. The maximum atomic E-state index is 12.6. The molecule has 2 N–H and O–H groups in total. The standard InChI is InChI=1S/C14H24N4O/c1-4-5-17-10-12(15)8-13(17)14(19)18-7-6-16(3)11(2)9-18/h8,10-11H,4-7,9,15H2,1-3H3. The Morgan fingerprint density at radius 1 is 1.47 bits per heavy atom. The number of carbonyl (C=O) groups excluding carboxylic acids is 1. The van der Waals surface area contributed by atoms with Crippen molar-refractivity contribution in [1.82, 2.24) is 14.4 Å². The maximum Gasteiger partial charge on any atom is 0.270 e. The van der Waals surface area contributed by atoms with E-state index in [-0.39, 0.29) is 5.91 Å². The van der Waals surface area contributed by atoms with Crippen molar-refractivity contribution in [2.75, 3.05) is 32.4 Å². The zero-order valence-corrected chi connectivity index (χ0v) is 12.1. The second-order valence-electron chi connectivity index (χ2n) is 5.43. The highest BCUT2D eigenvalue weighted by Gasteiger charge is 2.26. The van der Waals surface area contributed by atoms with Crippen molar-refractivity contribution in [1.29, 1.82) is 0 Å². The fourth-order valence-corrected chi connectivity index (χ4v) is 2.53. The molecule has 1 saturated heterocycles. The van der Waals surface area contributed by atoms with Crippen LogP contribution in [-0.2, 0) is 6.54 Å². The first kappa shape index (κ1) is 13.9. The highest BCUT2D eigenvalue weighted by atomic mass is 16.2. The van der Waals surface area contributed by atoms with E-state index in [0.717, 1.165) is 38.3 Å². The first-order valence-electron chi connectivity index (χ1n) is 6.98. The third kappa shape index (κ3) is 2.92. The molecule has 19 heavy (non-hydrogen) atoms. The third-order valence-corrected chi connectivity index (χ3v) is 3.85. The summed E-state index contributed by atoms with van der Waals surface area (Å²) in [4.78, 5) is 16.8. The Balaban J connectivity index is 2.15. The predicted octanol–water partition coefficient (Wildman–Crippen LogP) is 1.26. The number of piperazine rings is 1. The van der Waals surface area contributed by atoms with Crippen molar-refractivity contribution < 1.29 is 4.79 Å². The van der Waals surface area contributed by atoms with Gasteiger partial charge in [0.05, 0.1) is 5.69 Å². The normalized spacial score (nSPS) is 20.8. The van der Waals surface area contributed by atoms with Crippen LogP contribution in [-0.4, -0.2) is 53.0 Å². The number of carbonyl (C=O) groups is 1. The SMILES string of the molecule is CCCn1cc(N)cc1C(=O)N1CCN(C)C(C)C1. The van der Waals surface area contributed by atoms with E-state index >= 15 is 0 Å². The van der Waals surface area contributed by atoms with Crippen LogP contribution in [0.5, 0.6) is 0 Å². The fourth-order valence-electron chi connectivity index (χ4n) is 2.53. The smallest absolute Gasteiger partial charge is 0.270 e. The largest absolute Gasteiger partial charge is 0.397 e. The van der Waals surface area contributed by atoms with Crippen molar-refractivity contribution in [2.45, 2.75) is 32.9 Å². The van der Waals surface area contributed by atoms with E-state index in [1.807, 2.05) is 15.7 Å². The number of hydrogen-bond acceptors (Lipinski definition) is 3. The van der Waals surface area contributed by atoms with Crippen LogP contribution < -0.4 is 5.73 Å². The Hall–Kier alpha value is -1.49. The minimum atomic E-state index is 0.102. The molecule has 0 saturated carbocycles. The topological polar surface area (TPSA) is 54.5 Å². The minimum Gasteiger partial charge on any atom is -0.397 e. The number of aryl methyl sites for hydroxylation is 1. The van der Waals surface area contributed by atoms with Gasteiger partial charge in [-0.2, -0.15) is 0 Å². The van der Waals surface area contributed by atoms with E-state index in [9.17, 15) is 4.79 Å². The molecule has 1 aromatic rings. The molecular formula is C14H24N4O. The first-order chi connectivity index (χ1) is 9.02. The molecule has 0 radical (unpaired) electrons. The van der Waals surface area contributed by atoms with Crippen LogP contribution in [0.15, 0.2) is 12.3 Å². The van der Waals surface area contributed by atoms with Crippen molar-refractivity contribution in [3.63, 3.8) is 0 Å². The van der Waals surface area contributed by atoms with Crippen LogP contribution in [0, 0.1) is 0 Å².